The van der Waals surface area contributed by atoms with E-state index in [0.29, 0.717) is 23.4 Å². The third kappa shape index (κ3) is 7.31. The highest BCUT2D eigenvalue weighted by molar-refractivity contribution is 7.92. The summed E-state index contributed by atoms with van der Waals surface area (Å²) in [5.41, 5.74) is 0.465. The molecular formula is C22H30FN5O7S. The Morgan fingerprint density at radius 1 is 1.28 bits per heavy atom. The minimum Gasteiger partial charge on any atom is -0.450 e. The van der Waals surface area contributed by atoms with Gasteiger partial charge in [-0.05, 0) is 45.4 Å². The fourth-order valence-corrected chi connectivity index (χ4v) is 4.23. The molecule has 1 saturated heterocycles. The van der Waals surface area contributed by atoms with Crippen molar-refractivity contribution in [1.82, 2.24) is 20.4 Å². The van der Waals surface area contributed by atoms with Crippen LogP contribution in [0.2, 0.25) is 0 Å². The van der Waals surface area contributed by atoms with E-state index < -0.39 is 45.6 Å². The normalized spacial score (nSPS) is 16.4. The molecule has 36 heavy (non-hydrogen) atoms. The first kappa shape index (κ1) is 27.2. The van der Waals surface area contributed by atoms with Crippen molar-refractivity contribution < 1.29 is 36.6 Å². The molecule has 1 aromatic heterocycles. The van der Waals surface area contributed by atoms with Crippen LogP contribution in [0.3, 0.4) is 0 Å². The van der Waals surface area contributed by atoms with Crippen molar-refractivity contribution in [2.75, 3.05) is 36.9 Å². The number of ether oxygens (including phenoxy) is 3. The Hall–Kier alpha value is -3.39. The molecule has 0 saturated carbocycles. The van der Waals surface area contributed by atoms with E-state index in [2.05, 4.69) is 25.0 Å². The molecular weight excluding hydrogens is 497 g/mol. The number of alkyl carbamates (subject to hydrolysis) is 1. The maximum Gasteiger partial charge on any atom is 0.410 e. The molecule has 1 unspecified atom stereocenters. The number of morpholine rings is 1. The van der Waals surface area contributed by atoms with E-state index in [4.69, 9.17) is 9.47 Å². The lowest BCUT2D eigenvalue weighted by Crippen LogP contribution is -2.44. The minimum absolute atomic E-state index is 0.0818. The van der Waals surface area contributed by atoms with Crippen LogP contribution in [0.1, 0.15) is 39.5 Å². The Kier molecular flexibility index (Phi) is 8.40. The van der Waals surface area contributed by atoms with Crippen molar-refractivity contribution >= 4 is 28.0 Å². The second-order valence-corrected chi connectivity index (χ2v) is 10.6. The van der Waals surface area contributed by atoms with Crippen LogP contribution in [0.25, 0.3) is 11.1 Å². The van der Waals surface area contributed by atoms with Crippen LogP contribution in [0.5, 0.6) is 0 Å². The molecule has 1 aliphatic heterocycles. The van der Waals surface area contributed by atoms with Crippen LogP contribution in [0, 0.1) is 5.82 Å². The molecule has 0 spiro atoms. The highest BCUT2D eigenvalue weighted by Gasteiger charge is 2.33. The van der Waals surface area contributed by atoms with E-state index in [1.54, 1.807) is 27.7 Å². The second-order valence-electron chi connectivity index (χ2n) is 8.91. The van der Waals surface area contributed by atoms with Crippen molar-refractivity contribution in [1.29, 1.82) is 0 Å². The van der Waals surface area contributed by atoms with E-state index in [9.17, 15) is 22.4 Å². The number of benzene rings is 1. The molecule has 3 N–H and O–H groups in total. The summed E-state index contributed by atoms with van der Waals surface area (Å²) in [6.45, 7) is 7.59. The van der Waals surface area contributed by atoms with Gasteiger partial charge in [0.05, 0.1) is 31.0 Å². The molecule has 0 bridgehead atoms. The number of carbonyl (C=O) groups excluding carboxylic acids is 2. The smallest absolute Gasteiger partial charge is 0.410 e. The second kappa shape index (κ2) is 11.1. The lowest BCUT2D eigenvalue weighted by atomic mass is 10.0. The highest BCUT2D eigenvalue weighted by Crippen LogP contribution is 2.36. The Labute approximate surface area is 208 Å². The van der Waals surface area contributed by atoms with Crippen LogP contribution < -0.4 is 10.0 Å². The van der Waals surface area contributed by atoms with Crippen molar-refractivity contribution in [2.24, 2.45) is 0 Å². The number of halogens is 1. The van der Waals surface area contributed by atoms with Crippen LogP contribution in [0.15, 0.2) is 24.3 Å². The standard InChI is InChI=1S/C22H30FN5O7S/c1-5-33-20(29)24-13-36(31,32)27-19-17(14-6-8-15(23)9-7-14)18(25-26-19)16-12-28(10-11-34-16)21(30)35-22(2,3)4/h6-9,16H,5,10-13H2,1-4H3,(H,24,29)(H2,25,26,27). The van der Waals surface area contributed by atoms with Crippen LogP contribution in [-0.4, -0.2) is 73.5 Å². The van der Waals surface area contributed by atoms with Gasteiger partial charge >= 0.3 is 12.2 Å². The summed E-state index contributed by atoms with van der Waals surface area (Å²) in [5, 5.41) is 9.02. The third-order valence-corrected chi connectivity index (χ3v) is 5.93. The summed E-state index contributed by atoms with van der Waals surface area (Å²) in [5.74, 6) is -1.32. The average molecular weight is 528 g/mol. The first-order chi connectivity index (χ1) is 16.9. The number of aromatic amines is 1. The Morgan fingerprint density at radius 2 is 1.97 bits per heavy atom. The van der Waals surface area contributed by atoms with Gasteiger partial charge in [0.2, 0.25) is 0 Å². The third-order valence-electron chi connectivity index (χ3n) is 4.90. The van der Waals surface area contributed by atoms with E-state index >= 15 is 0 Å². The largest absolute Gasteiger partial charge is 0.450 e. The molecule has 1 atom stereocenters. The van der Waals surface area contributed by atoms with Gasteiger partial charge in [-0.2, -0.15) is 5.10 Å². The number of anilines is 1. The zero-order valence-electron chi connectivity index (χ0n) is 20.5. The van der Waals surface area contributed by atoms with Gasteiger partial charge in [-0.15, -0.1) is 0 Å². The number of sulfonamides is 1. The van der Waals surface area contributed by atoms with E-state index in [0.717, 1.165) is 0 Å². The van der Waals surface area contributed by atoms with Crippen molar-refractivity contribution in [3.05, 3.63) is 35.8 Å². The molecule has 1 aromatic carbocycles. The summed E-state index contributed by atoms with van der Waals surface area (Å²) < 4.78 is 57.1. The maximum atomic E-state index is 13.6. The van der Waals surface area contributed by atoms with Gasteiger partial charge in [-0.3, -0.25) is 9.82 Å². The van der Waals surface area contributed by atoms with Crippen molar-refractivity contribution in [2.45, 2.75) is 39.4 Å². The number of H-pyrrole nitrogens is 1. The zero-order chi connectivity index (χ0) is 26.5. The molecule has 0 radical (unpaired) electrons. The molecule has 2 heterocycles. The van der Waals surface area contributed by atoms with Crippen LogP contribution in [-0.2, 0) is 24.2 Å². The minimum atomic E-state index is -4.09. The number of hydrogen-bond donors (Lipinski definition) is 3. The first-order valence-corrected chi connectivity index (χ1v) is 12.9. The summed E-state index contributed by atoms with van der Waals surface area (Å²) in [7, 11) is -4.09. The fourth-order valence-electron chi connectivity index (χ4n) is 3.41. The van der Waals surface area contributed by atoms with Crippen molar-refractivity contribution in [3.8, 4) is 11.1 Å². The topological polar surface area (TPSA) is 152 Å². The lowest BCUT2D eigenvalue weighted by Gasteiger charge is -2.34. The predicted molar refractivity (Wildman–Crippen MR) is 128 cm³/mol. The molecule has 2 amide bonds. The van der Waals surface area contributed by atoms with Crippen LogP contribution >= 0.6 is 0 Å². The Morgan fingerprint density at radius 3 is 2.61 bits per heavy atom. The Bertz CT molecular complexity index is 1180. The summed E-state index contributed by atoms with van der Waals surface area (Å²) in [6, 6.07) is 5.38. The van der Waals surface area contributed by atoms with Crippen molar-refractivity contribution in [3.63, 3.8) is 0 Å². The van der Waals surface area contributed by atoms with Gasteiger partial charge in [0.15, 0.2) is 5.82 Å². The zero-order valence-corrected chi connectivity index (χ0v) is 21.3. The number of aromatic nitrogens is 2. The first-order valence-electron chi connectivity index (χ1n) is 11.2. The maximum absolute atomic E-state index is 13.6. The van der Waals surface area contributed by atoms with Crippen LogP contribution in [0.4, 0.5) is 19.8 Å². The number of amides is 2. The molecule has 12 nitrogen and oxygen atoms in total. The number of nitrogens with zero attached hydrogens (tertiary/aromatic N) is 2. The Balaban J connectivity index is 1.89. The number of nitrogens with one attached hydrogen (secondary N) is 3. The van der Waals surface area contributed by atoms with Gasteiger partial charge in [-0.25, -0.2) is 22.4 Å². The summed E-state index contributed by atoms with van der Waals surface area (Å²) >= 11 is 0. The number of rotatable bonds is 7. The number of carbonyl (C=O) groups is 2. The van der Waals surface area contributed by atoms with E-state index in [-0.39, 0.29) is 25.6 Å². The van der Waals surface area contributed by atoms with E-state index in [1.165, 1.54) is 29.2 Å². The summed E-state index contributed by atoms with van der Waals surface area (Å²) in [6.07, 6.45) is -2.10. The van der Waals surface area contributed by atoms with Gasteiger partial charge in [-0.1, -0.05) is 12.1 Å². The van der Waals surface area contributed by atoms with Gasteiger partial charge in [0, 0.05) is 6.54 Å². The molecule has 1 fully saturated rings. The predicted octanol–water partition coefficient (Wildman–Crippen LogP) is 2.97. The molecule has 2 aromatic rings. The monoisotopic (exact) mass is 527 g/mol. The van der Waals surface area contributed by atoms with Gasteiger partial charge < -0.3 is 24.4 Å². The van der Waals surface area contributed by atoms with E-state index in [1.807, 2.05) is 0 Å². The molecule has 1 aliphatic rings. The molecule has 0 aliphatic carbocycles. The lowest BCUT2D eigenvalue weighted by molar-refractivity contribution is -0.0445. The SMILES string of the molecule is CCOC(=O)NCS(=O)(=O)Nc1n[nH]c(C2CN(C(=O)OC(C)(C)C)CCO2)c1-c1ccc(F)cc1. The number of hydrogen-bond acceptors (Lipinski definition) is 8. The molecule has 3 rings (SSSR count). The summed E-state index contributed by atoms with van der Waals surface area (Å²) in [4.78, 5) is 25.6. The van der Waals surface area contributed by atoms with Gasteiger partial charge in [0.25, 0.3) is 10.0 Å². The molecule has 198 valence electrons. The fraction of sp³-hybridized carbons (Fsp3) is 0.500. The average Bonchev–Trinajstić information content (AvgIpc) is 3.20. The highest BCUT2D eigenvalue weighted by atomic mass is 32.2. The quantitative estimate of drug-likeness (QED) is 0.497. The molecule has 14 heteroatoms. The van der Waals surface area contributed by atoms with Gasteiger partial charge in [0.1, 0.15) is 23.4 Å².